The van der Waals surface area contributed by atoms with Crippen LogP contribution in [0.5, 0.6) is 0 Å². The Balaban J connectivity index is 1.83. The molecule has 0 atom stereocenters. The molecule has 1 N–H and O–H groups in total. The number of hydrogen-bond donors (Lipinski definition) is 1. The molecule has 0 aliphatic heterocycles. The molecule has 2 aromatic carbocycles. The maximum atomic E-state index is 12.9. The van der Waals surface area contributed by atoms with Crippen molar-refractivity contribution >= 4 is 11.6 Å². The third-order valence-electron chi connectivity index (χ3n) is 3.90. The second-order valence-electron chi connectivity index (χ2n) is 5.87. The molecule has 0 aliphatic rings. The highest BCUT2D eigenvalue weighted by Crippen LogP contribution is 2.26. The molecule has 1 aromatic heterocycles. The van der Waals surface area contributed by atoms with Crippen LogP contribution in [0, 0.1) is 0 Å². The summed E-state index contributed by atoms with van der Waals surface area (Å²) in [5.41, 5.74) is -0.831. The van der Waals surface area contributed by atoms with Gasteiger partial charge in [0.1, 0.15) is 5.56 Å². The molecular weight excluding hydrogens is 357 g/mol. The number of amides is 1. The fraction of sp³-hybridized carbons (Fsp3) is 0.100. The highest BCUT2D eigenvalue weighted by atomic mass is 19.4. The van der Waals surface area contributed by atoms with Gasteiger partial charge in [-0.3, -0.25) is 9.59 Å². The number of anilines is 1. The summed E-state index contributed by atoms with van der Waals surface area (Å²) < 4.78 is 39.6. The third-order valence-corrected chi connectivity index (χ3v) is 3.90. The number of aromatic nitrogens is 1. The number of carbonyl (C=O) groups excluding carboxylic acids is 1. The maximum absolute atomic E-state index is 12.9. The molecule has 4 nitrogen and oxygen atoms in total. The van der Waals surface area contributed by atoms with E-state index in [4.69, 9.17) is 0 Å². The lowest BCUT2D eigenvalue weighted by atomic mass is 10.1. The summed E-state index contributed by atoms with van der Waals surface area (Å²) in [4.78, 5) is 24.4. The minimum atomic E-state index is -4.71. The van der Waals surface area contributed by atoms with Crippen molar-refractivity contribution in [2.24, 2.45) is 0 Å². The van der Waals surface area contributed by atoms with Crippen LogP contribution in [0.25, 0.3) is 0 Å². The van der Waals surface area contributed by atoms with Crippen molar-refractivity contribution < 1.29 is 18.0 Å². The van der Waals surface area contributed by atoms with Gasteiger partial charge in [0.05, 0.1) is 6.54 Å². The average molecular weight is 372 g/mol. The summed E-state index contributed by atoms with van der Waals surface area (Å²) in [5.74, 6) is -0.348. The van der Waals surface area contributed by atoms with E-state index in [1.807, 2.05) is 6.07 Å². The Morgan fingerprint density at radius 2 is 1.70 bits per heavy atom. The van der Waals surface area contributed by atoms with Crippen LogP contribution in [-0.4, -0.2) is 10.5 Å². The zero-order valence-electron chi connectivity index (χ0n) is 14.0. The lowest BCUT2D eigenvalue weighted by molar-refractivity contribution is -0.138. The van der Waals surface area contributed by atoms with Gasteiger partial charge in [0.15, 0.2) is 0 Å². The summed E-state index contributed by atoms with van der Waals surface area (Å²) in [6.45, 7) is -0.0742. The number of alkyl halides is 3. The summed E-state index contributed by atoms with van der Waals surface area (Å²) in [6.07, 6.45) is -3.42. The first-order valence-electron chi connectivity index (χ1n) is 8.06. The van der Waals surface area contributed by atoms with Gasteiger partial charge in [-0.15, -0.1) is 0 Å². The summed E-state index contributed by atoms with van der Waals surface area (Å²) in [5, 5.41) is 2.73. The van der Waals surface area contributed by atoms with E-state index >= 15 is 0 Å². The second-order valence-corrected chi connectivity index (χ2v) is 5.87. The first kappa shape index (κ1) is 18.4. The molecule has 1 heterocycles. The van der Waals surface area contributed by atoms with Crippen molar-refractivity contribution in [2.45, 2.75) is 12.7 Å². The number of benzene rings is 2. The first-order chi connectivity index (χ1) is 12.8. The Labute approximate surface area is 152 Å². The molecule has 0 saturated heterocycles. The summed E-state index contributed by atoms with van der Waals surface area (Å²) in [7, 11) is 0. The van der Waals surface area contributed by atoms with E-state index in [1.165, 1.54) is 12.3 Å². The van der Waals surface area contributed by atoms with Crippen LogP contribution < -0.4 is 10.9 Å². The fourth-order valence-corrected chi connectivity index (χ4v) is 2.61. The van der Waals surface area contributed by atoms with E-state index in [0.29, 0.717) is 16.8 Å². The van der Waals surface area contributed by atoms with Crippen LogP contribution in [0.2, 0.25) is 0 Å². The van der Waals surface area contributed by atoms with Crippen LogP contribution in [0.15, 0.2) is 77.7 Å². The van der Waals surface area contributed by atoms with Crippen LogP contribution in [0.4, 0.5) is 18.9 Å². The van der Waals surface area contributed by atoms with Crippen molar-refractivity contribution in [3.63, 3.8) is 0 Å². The van der Waals surface area contributed by atoms with Crippen molar-refractivity contribution in [2.75, 3.05) is 5.32 Å². The van der Waals surface area contributed by atoms with Crippen LogP contribution in [0.3, 0.4) is 0 Å². The minimum Gasteiger partial charge on any atom is -0.322 e. The zero-order chi connectivity index (χ0) is 19.4. The molecule has 7 heteroatoms. The van der Waals surface area contributed by atoms with Crippen LogP contribution >= 0.6 is 0 Å². The van der Waals surface area contributed by atoms with Gasteiger partial charge in [-0.25, -0.2) is 0 Å². The molecule has 3 aromatic rings. The number of pyridine rings is 1. The minimum absolute atomic E-state index is 0.0742. The number of carbonyl (C=O) groups is 1. The highest BCUT2D eigenvalue weighted by molar-refractivity contribution is 6.04. The van der Waals surface area contributed by atoms with Gasteiger partial charge in [0.25, 0.3) is 11.5 Å². The lowest BCUT2D eigenvalue weighted by Gasteiger charge is -2.11. The predicted octanol–water partition coefficient (Wildman–Crippen LogP) is 4.17. The monoisotopic (exact) mass is 372 g/mol. The normalized spacial score (nSPS) is 11.2. The second kappa shape index (κ2) is 7.49. The van der Waals surface area contributed by atoms with E-state index in [1.54, 1.807) is 48.5 Å². The SMILES string of the molecule is O=C(Nc1ccccc1)c1cccc(Cn2cccc(C(F)(F)F)c2=O)c1. The molecule has 0 spiro atoms. The predicted molar refractivity (Wildman–Crippen MR) is 95.6 cm³/mol. The number of rotatable bonds is 4. The van der Waals surface area contributed by atoms with Gasteiger partial charge in [0, 0.05) is 17.4 Å². The Morgan fingerprint density at radius 1 is 0.963 bits per heavy atom. The number of nitrogens with one attached hydrogen (secondary N) is 1. The van der Waals surface area contributed by atoms with Crippen molar-refractivity contribution in [3.8, 4) is 0 Å². The summed E-state index contributed by atoms with van der Waals surface area (Å²) >= 11 is 0. The van der Waals surface area contributed by atoms with E-state index in [-0.39, 0.29) is 12.5 Å². The molecule has 27 heavy (non-hydrogen) atoms. The Hall–Kier alpha value is -3.35. The van der Waals surface area contributed by atoms with E-state index in [9.17, 15) is 22.8 Å². The Kier molecular flexibility index (Phi) is 5.12. The molecule has 0 aliphatic carbocycles. The van der Waals surface area contributed by atoms with Crippen LogP contribution in [-0.2, 0) is 12.7 Å². The topological polar surface area (TPSA) is 51.1 Å². The van der Waals surface area contributed by atoms with Gasteiger partial charge in [-0.2, -0.15) is 13.2 Å². The van der Waals surface area contributed by atoms with Gasteiger partial charge in [-0.05, 0) is 42.0 Å². The largest absolute Gasteiger partial charge is 0.421 e. The molecule has 0 bridgehead atoms. The number of para-hydroxylation sites is 1. The Bertz CT molecular complexity index is 1010. The lowest BCUT2D eigenvalue weighted by Crippen LogP contribution is -2.28. The molecule has 0 saturated carbocycles. The van der Waals surface area contributed by atoms with Crippen molar-refractivity contribution in [3.05, 3.63) is 100.0 Å². The van der Waals surface area contributed by atoms with Gasteiger partial charge in [0.2, 0.25) is 0 Å². The van der Waals surface area contributed by atoms with Crippen molar-refractivity contribution in [1.29, 1.82) is 0 Å². The third kappa shape index (κ3) is 4.44. The zero-order valence-corrected chi connectivity index (χ0v) is 14.0. The number of hydrogen-bond acceptors (Lipinski definition) is 2. The van der Waals surface area contributed by atoms with E-state index in [0.717, 1.165) is 10.6 Å². The quantitative estimate of drug-likeness (QED) is 0.747. The molecular formula is C20H15F3N2O2. The number of halogens is 3. The first-order valence-corrected chi connectivity index (χ1v) is 8.06. The smallest absolute Gasteiger partial charge is 0.322 e. The average Bonchev–Trinajstić information content (AvgIpc) is 2.63. The van der Waals surface area contributed by atoms with E-state index in [2.05, 4.69) is 5.32 Å². The number of nitrogens with zero attached hydrogens (tertiary/aromatic N) is 1. The standard InChI is InChI=1S/C20H15F3N2O2/c21-20(22,23)17-10-5-11-25(19(17)27)13-14-6-4-7-15(12-14)18(26)24-16-8-2-1-3-9-16/h1-12H,13H2,(H,24,26). The van der Waals surface area contributed by atoms with Crippen LogP contribution in [0.1, 0.15) is 21.5 Å². The maximum Gasteiger partial charge on any atom is 0.421 e. The van der Waals surface area contributed by atoms with Gasteiger partial charge in [-0.1, -0.05) is 30.3 Å². The molecule has 0 unspecified atom stereocenters. The fourth-order valence-electron chi connectivity index (χ4n) is 2.61. The Morgan fingerprint density at radius 3 is 2.41 bits per heavy atom. The van der Waals surface area contributed by atoms with Gasteiger partial charge >= 0.3 is 6.18 Å². The van der Waals surface area contributed by atoms with E-state index < -0.39 is 17.3 Å². The highest BCUT2D eigenvalue weighted by Gasteiger charge is 2.34. The molecule has 3 rings (SSSR count). The molecule has 1 amide bonds. The van der Waals surface area contributed by atoms with Gasteiger partial charge < -0.3 is 9.88 Å². The van der Waals surface area contributed by atoms with Crippen molar-refractivity contribution in [1.82, 2.24) is 4.57 Å². The summed E-state index contributed by atoms with van der Waals surface area (Å²) in [6, 6.07) is 17.2. The molecule has 138 valence electrons. The molecule has 0 fully saturated rings. The molecule has 0 radical (unpaired) electrons.